The summed E-state index contributed by atoms with van der Waals surface area (Å²) in [6.45, 7) is 2.05. The Balaban J connectivity index is 2.14. The minimum atomic E-state index is 0.665. The number of benzene rings is 1. The van der Waals surface area contributed by atoms with Gasteiger partial charge in [0.05, 0.1) is 17.3 Å². The topological polar surface area (TPSA) is 41.1 Å². The molecule has 0 aliphatic carbocycles. The monoisotopic (exact) mass is 233 g/mol. The number of nitrogens with zero attached hydrogens (tertiary/aromatic N) is 3. The second-order valence-electron chi connectivity index (χ2n) is 4.24. The first-order valence-corrected chi connectivity index (χ1v) is 5.73. The van der Waals surface area contributed by atoms with Gasteiger partial charge in [-0.05, 0) is 30.7 Å². The highest BCUT2D eigenvalue weighted by Crippen LogP contribution is 2.20. The second-order valence-corrected chi connectivity index (χ2v) is 4.24. The number of pyridine rings is 1. The van der Waals surface area contributed by atoms with Gasteiger partial charge in [0.15, 0.2) is 0 Å². The maximum Gasteiger partial charge on any atom is 0.140 e. The van der Waals surface area contributed by atoms with Crippen molar-refractivity contribution < 1.29 is 0 Å². The van der Waals surface area contributed by atoms with E-state index in [4.69, 9.17) is 5.26 Å². The molecule has 86 valence electrons. The van der Waals surface area contributed by atoms with Gasteiger partial charge in [-0.3, -0.25) is 0 Å². The zero-order valence-corrected chi connectivity index (χ0v) is 9.96. The van der Waals surface area contributed by atoms with E-state index in [-0.39, 0.29) is 0 Å². The minimum absolute atomic E-state index is 0.665. The van der Waals surface area contributed by atoms with Crippen molar-refractivity contribution in [1.29, 1.82) is 5.26 Å². The molecule has 3 aromatic rings. The molecular weight excluding hydrogens is 222 g/mol. The van der Waals surface area contributed by atoms with Crippen LogP contribution in [-0.4, -0.2) is 9.38 Å². The molecule has 0 N–H and O–H groups in total. The summed E-state index contributed by atoms with van der Waals surface area (Å²) in [5, 5.41) is 8.78. The fourth-order valence-electron chi connectivity index (χ4n) is 2.01. The van der Waals surface area contributed by atoms with Gasteiger partial charge in [0.2, 0.25) is 0 Å². The summed E-state index contributed by atoms with van der Waals surface area (Å²) in [7, 11) is 0. The quantitative estimate of drug-likeness (QED) is 0.647. The van der Waals surface area contributed by atoms with Crippen LogP contribution in [0.25, 0.3) is 16.9 Å². The van der Waals surface area contributed by atoms with Crippen LogP contribution < -0.4 is 0 Å². The zero-order valence-electron chi connectivity index (χ0n) is 9.96. The first kappa shape index (κ1) is 10.5. The lowest BCUT2D eigenvalue weighted by Gasteiger charge is -1.95. The molecule has 18 heavy (non-hydrogen) atoms. The molecule has 2 aromatic heterocycles. The fourth-order valence-corrected chi connectivity index (χ4v) is 2.01. The van der Waals surface area contributed by atoms with Crippen LogP contribution in [0, 0.1) is 18.3 Å². The molecular formula is C15H11N3. The van der Waals surface area contributed by atoms with Crippen LogP contribution in [0.1, 0.15) is 11.1 Å². The van der Waals surface area contributed by atoms with E-state index in [0.29, 0.717) is 5.56 Å². The number of hydrogen-bond donors (Lipinski definition) is 0. The van der Waals surface area contributed by atoms with Crippen molar-refractivity contribution in [3.8, 4) is 17.3 Å². The predicted molar refractivity (Wildman–Crippen MR) is 70.1 cm³/mol. The molecule has 3 rings (SSSR count). The van der Waals surface area contributed by atoms with E-state index in [9.17, 15) is 0 Å². The lowest BCUT2D eigenvalue weighted by Crippen LogP contribution is -1.83. The first-order chi connectivity index (χ1) is 8.78. The Morgan fingerprint density at radius 3 is 2.61 bits per heavy atom. The summed E-state index contributed by atoms with van der Waals surface area (Å²) in [6, 6.07) is 13.6. The van der Waals surface area contributed by atoms with Gasteiger partial charge in [-0.1, -0.05) is 18.2 Å². The average Bonchev–Trinajstić information content (AvgIpc) is 2.84. The molecule has 0 aliphatic rings. The third-order valence-electron chi connectivity index (χ3n) is 2.99. The van der Waals surface area contributed by atoms with Crippen molar-refractivity contribution in [1.82, 2.24) is 9.38 Å². The van der Waals surface area contributed by atoms with Crippen LogP contribution in [0.5, 0.6) is 0 Å². The Labute approximate surface area is 105 Å². The number of imidazole rings is 1. The highest BCUT2D eigenvalue weighted by molar-refractivity contribution is 5.64. The molecule has 3 nitrogen and oxygen atoms in total. The summed E-state index contributed by atoms with van der Waals surface area (Å²) in [4.78, 5) is 4.62. The van der Waals surface area contributed by atoms with Crippen LogP contribution >= 0.6 is 0 Å². The Hall–Kier alpha value is -2.60. The minimum Gasteiger partial charge on any atom is -0.306 e. The molecule has 1 aromatic carbocycles. The molecule has 0 fully saturated rings. The maximum atomic E-state index is 8.78. The normalized spacial score (nSPS) is 10.4. The predicted octanol–water partition coefficient (Wildman–Crippen LogP) is 3.18. The molecule has 0 atom stereocenters. The smallest absolute Gasteiger partial charge is 0.140 e. The Kier molecular flexibility index (Phi) is 2.35. The van der Waals surface area contributed by atoms with Crippen molar-refractivity contribution in [3.63, 3.8) is 0 Å². The molecule has 0 radical (unpaired) electrons. The molecule has 0 aliphatic heterocycles. The van der Waals surface area contributed by atoms with Crippen LogP contribution in [0.15, 0.2) is 48.8 Å². The van der Waals surface area contributed by atoms with Gasteiger partial charge in [-0.25, -0.2) is 4.98 Å². The van der Waals surface area contributed by atoms with Crippen LogP contribution in [0.3, 0.4) is 0 Å². The van der Waals surface area contributed by atoms with Crippen LogP contribution in [-0.2, 0) is 0 Å². The number of fused-ring (bicyclic) bond motifs is 1. The SMILES string of the molecule is Cc1cccn2cc(-c3ccc(C#N)cc3)nc12. The lowest BCUT2D eigenvalue weighted by molar-refractivity contribution is 1.16. The highest BCUT2D eigenvalue weighted by atomic mass is 15.0. The molecule has 0 saturated heterocycles. The van der Waals surface area contributed by atoms with Gasteiger partial charge in [-0.15, -0.1) is 0 Å². The van der Waals surface area contributed by atoms with E-state index in [1.165, 1.54) is 0 Å². The molecule has 0 bridgehead atoms. The van der Waals surface area contributed by atoms with Crippen molar-refractivity contribution >= 4 is 5.65 Å². The van der Waals surface area contributed by atoms with Crippen LogP contribution in [0.2, 0.25) is 0 Å². The Morgan fingerprint density at radius 1 is 1.17 bits per heavy atom. The van der Waals surface area contributed by atoms with Crippen molar-refractivity contribution in [2.24, 2.45) is 0 Å². The number of hydrogen-bond acceptors (Lipinski definition) is 2. The highest BCUT2D eigenvalue weighted by Gasteiger charge is 2.05. The molecule has 3 heteroatoms. The van der Waals surface area contributed by atoms with Gasteiger partial charge in [0, 0.05) is 18.0 Å². The van der Waals surface area contributed by atoms with Gasteiger partial charge in [0.1, 0.15) is 5.65 Å². The summed E-state index contributed by atoms with van der Waals surface area (Å²) < 4.78 is 2.02. The van der Waals surface area contributed by atoms with E-state index < -0.39 is 0 Å². The summed E-state index contributed by atoms with van der Waals surface area (Å²) >= 11 is 0. The second kappa shape index (κ2) is 4.01. The first-order valence-electron chi connectivity index (χ1n) is 5.73. The third kappa shape index (κ3) is 1.64. The van der Waals surface area contributed by atoms with Crippen LogP contribution in [0.4, 0.5) is 0 Å². The van der Waals surface area contributed by atoms with E-state index >= 15 is 0 Å². The summed E-state index contributed by atoms with van der Waals surface area (Å²) in [5.74, 6) is 0. The summed E-state index contributed by atoms with van der Waals surface area (Å²) in [6.07, 6.45) is 3.99. The molecule has 0 amide bonds. The molecule has 0 spiro atoms. The largest absolute Gasteiger partial charge is 0.306 e. The van der Waals surface area contributed by atoms with E-state index in [2.05, 4.69) is 11.1 Å². The molecule has 0 saturated carbocycles. The lowest BCUT2D eigenvalue weighted by atomic mass is 10.1. The van der Waals surface area contributed by atoms with Gasteiger partial charge in [0.25, 0.3) is 0 Å². The number of rotatable bonds is 1. The average molecular weight is 233 g/mol. The van der Waals surface area contributed by atoms with Crippen molar-refractivity contribution in [3.05, 3.63) is 59.9 Å². The Morgan fingerprint density at radius 2 is 1.94 bits per heavy atom. The maximum absolute atomic E-state index is 8.78. The third-order valence-corrected chi connectivity index (χ3v) is 2.99. The number of aryl methyl sites for hydroxylation is 1. The van der Waals surface area contributed by atoms with E-state index in [1.54, 1.807) is 0 Å². The molecule has 0 unspecified atom stereocenters. The van der Waals surface area contributed by atoms with Gasteiger partial charge < -0.3 is 4.40 Å². The zero-order chi connectivity index (χ0) is 12.5. The van der Waals surface area contributed by atoms with Crippen molar-refractivity contribution in [2.75, 3.05) is 0 Å². The molecule has 2 heterocycles. The summed E-state index contributed by atoms with van der Waals surface area (Å²) in [5.41, 5.74) is 4.74. The van der Waals surface area contributed by atoms with Gasteiger partial charge >= 0.3 is 0 Å². The Bertz CT molecular complexity index is 745. The van der Waals surface area contributed by atoms with E-state index in [1.807, 2.05) is 60.1 Å². The number of aromatic nitrogens is 2. The standard InChI is InChI=1S/C15H11N3/c1-11-3-2-8-18-10-14(17-15(11)18)13-6-4-12(9-16)5-7-13/h2-8,10H,1H3. The number of nitriles is 1. The fraction of sp³-hybridized carbons (Fsp3) is 0.0667. The van der Waals surface area contributed by atoms with E-state index in [0.717, 1.165) is 22.5 Å². The van der Waals surface area contributed by atoms with Crippen molar-refractivity contribution in [2.45, 2.75) is 6.92 Å². The van der Waals surface area contributed by atoms with Gasteiger partial charge in [-0.2, -0.15) is 5.26 Å².